The molecule has 0 spiro atoms. The molecule has 18 heavy (non-hydrogen) atoms. The Balaban J connectivity index is 2.47. The Labute approximate surface area is 103 Å². The minimum absolute atomic E-state index is 0.0289. The maximum atomic E-state index is 12.7. The van der Waals surface area contributed by atoms with Crippen LogP contribution in [-0.2, 0) is 6.18 Å². The maximum Gasteiger partial charge on any atom is 0.420 e. The van der Waals surface area contributed by atoms with E-state index >= 15 is 0 Å². The van der Waals surface area contributed by atoms with Crippen molar-refractivity contribution in [1.82, 2.24) is 5.32 Å². The number of rotatable bonds is 2. The van der Waals surface area contributed by atoms with Crippen LogP contribution in [-0.4, -0.2) is 25.3 Å². The van der Waals surface area contributed by atoms with Gasteiger partial charge in [-0.15, -0.1) is 0 Å². The smallest absolute Gasteiger partial charge is 0.420 e. The van der Waals surface area contributed by atoms with Crippen molar-refractivity contribution in [3.8, 4) is 11.5 Å². The molecule has 2 rings (SSSR count). The van der Waals surface area contributed by atoms with Gasteiger partial charge >= 0.3 is 6.18 Å². The largest absolute Gasteiger partial charge is 0.504 e. The van der Waals surface area contributed by atoms with Crippen LogP contribution in [0, 0.1) is 0 Å². The SMILES string of the molecule is COc1c(C(F)(F)F)ccc(C2CCNC2)c1O. The fourth-order valence-corrected chi connectivity index (χ4v) is 2.27. The lowest BCUT2D eigenvalue weighted by Gasteiger charge is -2.18. The molecule has 0 saturated carbocycles. The third kappa shape index (κ3) is 2.25. The zero-order valence-corrected chi connectivity index (χ0v) is 9.84. The summed E-state index contributed by atoms with van der Waals surface area (Å²) in [7, 11) is 1.13. The third-order valence-electron chi connectivity index (χ3n) is 3.17. The number of ether oxygens (including phenoxy) is 1. The number of hydrogen-bond donors (Lipinski definition) is 2. The summed E-state index contributed by atoms with van der Waals surface area (Å²) in [6.07, 6.45) is -3.74. The minimum atomic E-state index is -4.53. The molecule has 0 aliphatic carbocycles. The Morgan fingerprint density at radius 3 is 2.61 bits per heavy atom. The van der Waals surface area contributed by atoms with Crippen LogP contribution in [0.5, 0.6) is 11.5 Å². The van der Waals surface area contributed by atoms with Crippen molar-refractivity contribution in [2.75, 3.05) is 20.2 Å². The Hall–Kier alpha value is -1.43. The van der Waals surface area contributed by atoms with Gasteiger partial charge in [-0.2, -0.15) is 13.2 Å². The van der Waals surface area contributed by atoms with Crippen molar-refractivity contribution in [3.63, 3.8) is 0 Å². The van der Waals surface area contributed by atoms with Gasteiger partial charge in [-0.1, -0.05) is 6.07 Å². The van der Waals surface area contributed by atoms with Gasteiger partial charge in [0.05, 0.1) is 7.11 Å². The number of benzene rings is 1. The van der Waals surface area contributed by atoms with Crippen LogP contribution in [0.4, 0.5) is 13.2 Å². The van der Waals surface area contributed by atoms with Crippen LogP contribution in [0.25, 0.3) is 0 Å². The lowest BCUT2D eigenvalue weighted by atomic mass is 9.95. The Morgan fingerprint density at radius 2 is 2.11 bits per heavy atom. The fraction of sp³-hybridized carbons (Fsp3) is 0.500. The van der Waals surface area contributed by atoms with Gasteiger partial charge < -0.3 is 15.2 Å². The second-order valence-corrected chi connectivity index (χ2v) is 4.27. The Morgan fingerprint density at radius 1 is 1.39 bits per heavy atom. The highest BCUT2D eigenvalue weighted by Gasteiger charge is 2.37. The predicted octanol–water partition coefficient (Wildman–Crippen LogP) is 2.50. The molecule has 0 bridgehead atoms. The average Bonchev–Trinajstić information content (AvgIpc) is 2.80. The van der Waals surface area contributed by atoms with E-state index in [1.807, 2.05) is 0 Å². The summed E-state index contributed by atoms with van der Waals surface area (Å²) in [6.45, 7) is 1.45. The third-order valence-corrected chi connectivity index (χ3v) is 3.17. The van der Waals surface area contributed by atoms with Crippen LogP contribution in [0.3, 0.4) is 0 Å². The number of nitrogens with one attached hydrogen (secondary N) is 1. The van der Waals surface area contributed by atoms with Crippen molar-refractivity contribution in [1.29, 1.82) is 0 Å². The van der Waals surface area contributed by atoms with Gasteiger partial charge in [-0.25, -0.2) is 0 Å². The normalized spacial score (nSPS) is 20.1. The van der Waals surface area contributed by atoms with Gasteiger partial charge in [0.25, 0.3) is 0 Å². The number of aromatic hydroxyl groups is 1. The second-order valence-electron chi connectivity index (χ2n) is 4.27. The molecule has 1 saturated heterocycles. The van der Waals surface area contributed by atoms with E-state index in [4.69, 9.17) is 4.74 Å². The Kier molecular flexibility index (Phi) is 3.38. The number of methoxy groups -OCH3 is 1. The topological polar surface area (TPSA) is 41.5 Å². The van der Waals surface area contributed by atoms with Gasteiger partial charge in [0.1, 0.15) is 5.56 Å². The van der Waals surface area contributed by atoms with Gasteiger partial charge in [0, 0.05) is 18.0 Å². The molecule has 1 aromatic carbocycles. The van der Waals surface area contributed by atoms with E-state index in [0.717, 1.165) is 26.1 Å². The zero-order valence-electron chi connectivity index (χ0n) is 9.84. The van der Waals surface area contributed by atoms with E-state index in [2.05, 4.69) is 5.32 Å². The van der Waals surface area contributed by atoms with Crippen molar-refractivity contribution in [2.24, 2.45) is 0 Å². The number of phenols is 1. The summed E-state index contributed by atoms with van der Waals surface area (Å²) >= 11 is 0. The minimum Gasteiger partial charge on any atom is -0.504 e. The van der Waals surface area contributed by atoms with Crippen molar-refractivity contribution in [3.05, 3.63) is 23.3 Å². The summed E-state index contributed by atoms with van der Waals surface area (Å²) in [5.74, 6) is -0.867. The van der Waals surface area contributed by atoms with Gasteiger partial charge in [0.2, 0.25) is 0 Å². The highest BCUT2D eigenvalue weighted by molar-refractivity contribution is 5.53. The van der Waals surface area contributed by atoms with E-state index in [-0.39, 0.29) is 5.92 Å². The summed E-state index contributed by atoms with van der Waals surface area (Å²) in [5, 5.41) is 13.0. The molecule has 6 heteroatoms. The van der Waals surface area contributed by atoms with Gasteiger partial charge in [0.15, 0.2) is 11.5 Å². The van der Waals surface area contributed by atoms with Gasteiger partial charge in [-0.05, 0) is 19.0 Å². The molecule has 2 N–H and O–H groups in total. The lowest BCUT2D eigenvalue weighted by molar-refractivity contribution is -0.138. The van der Waals surface area contributed by atoms with E-state index in [1.165, 1.54) is 6.07 Å². The molecule has 1 aromatic rings. The summed E-state index contributed by atoms with van der Waals surface area (Å²) in [4.78, 5) is 0. The summed E-state index contributed by atoms with van der Waals surface area (Å²) in [6, 6.07) is 2.30. The Bertz CT molecular complexity index is 440. The molecule has 100 valence electrons. The first-order valence-corrected chi connectivity index (χ1v) is 5.63. The molecule has 0 radical (unpaired) electrons. The molecule has 1 unspecified atom stereocenters. The monoisotopic (exact) mass is 261 g/mol. The van der Waals surface area contributed by atoms with Crippen LogP contribution < -0.4 is 10.1 Å². The van der Waals surface area contributed by atoms with Gasteiger partial charge in [-0.3, -0.25) is 0 Å². The quantitative estimate of drug-likeness (QED) is 0.859. The summed E-state index contributed by atoms with van der Waals surface area (Å²) < 4.78 is 42.9. The highest BCUT2D eigenvalue weighted by atomic mass is 19.4. The van der Waals surface area contributed by atoms with Crippen LogP contribution in [0.1, 0.15) is 23.5 Å². The lowest BCUT2D eigenvalue weighted by Crippen LogP contribution is -2.11. The maximum absolute atomic E-state index is 12.7. The van der Waals surface area contributed by atoms with E-state index in [1.54, 1.807) is 0 Å². The van der Waals surface area contributed by atoms with E-state index in [0.29, 0.717) is 12.1 Å². The van der Waals surface area contributed by atoms with Crippen LogP contribution in [0.2, 0.25) is 0 Å². The number of phenolic OH excluding ortho intramolecular Hbond substituents is 1. The van der Waals surface area contributed by atoms with E-state index < -0.39 is 23.2 Å². The molecule has 1 aliphatic rings. The predicted molar refractivity (Wildman–Crippen MR) is 59.9 cm³/mol. The molecule has 3 nitrogen and oxygen atoms in total. The molecular formula is C12H14F3NO2. The van der Waals surface area contributed by atoms with Crippen LogP contribution in [0.15, 0.2) is 12.1 Å². The highest BCUT2D eigenvalue weighted by Crippen LogP contribution is 2.45. The first-order chi connectivity index (χ1) is 8.45. The fourth-order valence-electron chi connectivity index (χ4n) is 2.27. The number of alkyl halides is 3. The van der Waals surface area contributed by atoms with Crippen molar-refractivity contribution in [2.45, 2.75) is 18.5 Å². The molecule has 1 atom stereocenters. The second kappa shape index (κ2) is 4.68. The molecule has 1 heterocycles. The molecule has 1 fully saturated rings. The first kappa shape index (κ1) is 13.0. The van der Waals surface area contributed by atoms with Crippen LogP contribution >= 0.6 is 0 Å². The molecule has 0 aromatic heterocycles. The number of halogens is 3. The van der Waals surface area contributed by atoms with Crippen molar-refractivity contribution >= 4 is 0 Å². The first-order valence-electron chi connectivity index (χ1n) is 5.63. The van der Waals surface area contributed by atoms with E-state index in [9.17, 15) is 18.3 Å². The molecular weight excluding hydrogens is 247 g/mol. The standard InChI is InChI=1S/C12H14F3NO2/c1-18-11-9(12(13,14)15)3-2-8(10(11)17)7-4-5-16-6-7/h2-3,7,16-17H,4-6H2,1H3. The summed E-state index contributed by atoms with van der Waals surface area (Å²) in [5.41, 5.74) is -0.443. The molecule has 0 amide bonds. The number of hydrogen-bond acceptors (Lipinski definition) is 3. The van der Waals surface area contributed by atoms with Crippen molar-refractivity contribution < 1.29 is 23.0 Å². The average molecular weight is 261 g/mol. The zero-order chi connectivity index (χ0) is 13.3. The molecule has 1 aliphatic heterocycles.